The van der Waals surface area contributed by atoms with Crippen LogP contribution in [0.25, 0.3) is 0 Å². The fourth-order valence-corrected chi connectivity index (χ4v) is 4.27. The summed E-state index contributed by atoms with van der Waals surface area (Å²) in [7, 11) is 0. The number of piperazine rings is 1. The van der Waals surface area contributed by atoms with Crippen LogP contribution in [0.5, 0.6) is 0 Å². The fraction of sp³-hybridized carbons (Fsp3) is 0.895. The van der Waals surface area contributed by atoms with Crippen molar-refractivity contribution in [2.24, 2.45) is 22.6 Å². The number of likely N-dealkylation sites (tertiary alicyclic amines) is 1. The summed E-state index contributed by atoms with van der Waals surface area (Å²) >= 11 is 0. The number of carbonyl (C=O) groups excluding carboxylic acids is 1. The summed E-state index contributed by atoms with van der Waals surface area (Å²) in [6.45, 7) is 9.77. The zero-order valence-corrected chi connectivity index (χ0v) is 18.6. The van der Waals surface area contributed by atoms with Gasteiger partial charge in [0.25, 0.3) is 0 Å². The molecule has 0 atom stereocenters. The Balaban J connectivity index is 0.00000243. The number of nitrogens with two attached hydrogens (primary N) is 1. The Kier molecular flexibility index (Phi) is 8.93. The predicted octanol–water partition coefficient (Wildman–Crippen LogP) is 1.99. The quantitative estimate of drug-likeness (QED) is 0.382. The maximum absolute atomic E-state index is 12.5. The number of hydrogen-bond acceptors (Lipinski definition) is 3. The number of nitrogens with zero attached hydrogens (tertiary/aromatic N) is 4. The largest absolute Gasteiger partial charge is 0.370 e. The molecule has 0 spiro atoms. The Bertz CT molecular complexity index is 465. The summed E-state index contributed by atoms with van der Waals surface area (Å²) in [4.78, 5) is 23.8. The molecule has 26 heavy (non-hydrogen) atoms. The van der Waals surface area contributed by atoms with Crippen molar-refractivity contribution in [1.29, 1.82) is 0 Å². The minimum Gasteiger partial charge on any atom is -0.370 e. The number of aliphatic imine (C=N–C) groups is 1. The van der Waals surface area contributed by atoms with Gasteiger partial charge in [-0.05, 0) is 31.6 Å². The van der Waals surface area contributed by atoms with Gasteiger partial charge in [0, 0.05) is 51.7 Å². The van der Waals surface area contributed by atoms with E-state index in [1.807, 2.05) is 0 Å². The van der Waals surface area contributed by atoms with Gasteiger partial charge >= 0.3 is 0 Å². The molecule has 2 heterocycles. The topological polar surface area (TPSA) is 65.2 Å². The molecule has 1 amide bonds. The van der Waals surface area contributed by atoms with Crippen molar-refractivity contribution in [3.05, 3.63) is 0 Å². The molecule has 2 saturated heterocycles. The van der Waals surface area contributed by atoms with Crippen LogP contribution >= 0.6 is 24.0 Å². The van der Waals surface area contributed by atoms with E-state index < -0.39 is 0 Å². The number of rotatable bonds is 4. The molecule has 1 aliphatic carbocycles. The predicted molar refractivity (Wildman–Crippen MR) is 117 cm³/mol. The SMILES string of the molecule is CC1CCN(C(N)=NCCN2CCN(C(=O)C3CCCC3)CC2)CC1.I. The van der Waals surface area contributed by atoms with E-state index in [0.717, 1.165) is 71.1 Å². The zero-order chi connectivity index (χ0) is 17.6. The first-order chi connectivity index (χ1) is 12.1. The van der Waals surface area contributed by atoms with Crippen LogP contribution in [0.4, 0.5) is 0 Å². The number of guanidine groups is 1. The van der Waals surface area contributed by atoms with Crippen LogP contribution in [0, 0.1) is 11.8 Å². The van der Waals surface area contributed by atoms with Gasteiger partial charge in [0.15, 0.2) is 5.96 Å². The summed E-state index contributed by atoms with van der Waals surface area (Å²) in [5.74, 6) is 2.23. The lowest BCUT2D eigenvalue weighted by molar-refractivity contribution is -0.137. The van der Waals surface area contributed by atoms with E-state index in [-0.39, 0.29) is 24.0 Å². The molecule has 1 saturated carbocycles. The van der Waals surface area contributed by atoms with Crippen molar-refractivity contribution in [3.63, 3.8) is 0 Å². The lowest BCUT2D eigenvalue weighted by atomic mass is 10.00. The van der Waals surface area contributed by atoms with E-state index >= 15 is 0 Å². The third kappa shape index (κ3) is 5.97. The summed E-state index contributed by atoms with van der Waals surface area (Å²) in [5, 5.41) is 0. The van der Waals surface area contributed by atoms with Crippen LogP contribution in [0.2, 0.25) is 0 Å². The molecule has 0 aromatic carbocycles. The van der Waals surface area contributed by atoms with Crippen molar-refractivity contribution in [3.8, 4) is 0 Å². The Morgan fingerprint density at radius 1 is 0.962 bits per heavy atom. The van der Waals surface area contributed by atoms with Crippen LogP contribution in [0.1, 0.15) is 45.4 Å². The van der Waals surface area contributed by atoms with Crippen LogP contribution in [0.3, 0.4) is 0 Å². The first-order valence-corrected chi connectivity index (χ1v) is 10.2. The summed E-state index contributed by atoms with van der Waals surface area (Å²) < 4.78 is 0. The van der Waals surface area contributed by atoms with Crippen molar-refractivity contribution in [2.45, 2.75) is 45.4 Å². The second-order valence-electron chi connectivity index (χ2n) is 8.06. The van der Waals surface area contributed by atoms with Gasteiger partial charge in [-0.2, -0.15) is 0 Å². The number of carbonyl (C=O) groups is 1. The van der Waals surface area contributed by atoms with Crippen molar-refractivity contribution in [2.75, 3.05) is 52.4 Å². The van der Waals surface area contributed by atoms with Gasteiger partial charge in [-0.3, -0.25) is 14.7 Å². The second kappa shape index (κ2) is 10.7. The number of hydrogen-bond donors (Lipinski definition) is 1. The molecule has 3 rings (SSSR count). The van der Waals surface area contributed by atoms with E-state index in [9.17, 15) is 4.79 Å². The van der Waals surface area contributed by atoms with E-state index in [0.29, 0.717) is 17.8 Å². The first kappa shape index (κ1) is 21.7. The van der Waals surface area contributed by atoms with E-state index in [1.165, 1.54) is 25.7 Å². The highest BCUT2D eigenvalue weighted by atomic mass is 127. The lowest BCUT2D eigenvalue weighted by Gasteiger charge is -2.36. The summed E-state index contributed by atoms with van der Waals surface area (Å²) in [5.41, 5.74) is 6.15. The van der Waals surface area contributed by atoms with Gasteiger partial charge in [0.1, 0.15) is 0 Å². The highest BCUT2D eigenvalue weighted by molar-refractivity contribution is 14.0. The molecule has 0 radical (unpaired) electrons. The molecule has 150 valence electrons. The van der Waals surface area contributed by atoms with Gasteiger partial charge in [-0.25, -0.2) is 0 Å². The molecule has 2 aliphatic heterocycles. The number of amides is 1. The maximum Gasteiger partial charge on any atom is 0.225 e. The molecule has 6 nitrogen and oxygen atoms in total. The summed E-state index contributed by atoms with van der Waals surface area (Å²) in [6, 6.07) is 0. The molecule has 0 aromatic rings. The van der Waals surface area contributed by atoms with Crippen LogP contribution in [-0.4, -0.2) is 78.9 Å². The van der Waals surface area contributed by atoms with Crippen molar-refractivity contribution in [1.82, 2.24) is 14.7 Å². The van der Waals surface area contributed by atoms with Gasteiger partial charge < -0.3 is 15.5 Å². The minimum atomic E-state index is 0. The smallest absolute Gasteiger partial charge is 0.225 e. The Labute approximate surface area is 175 Å². The molecule has 7 heteroatoms. The van der Waals surface area contributed by atoms with Crippen molar-refractivity contribution >= 4 is 35.8 Å². The van der Waals surface area contributed by atoms with Crippen molar-refractivity contribution < 1.29 is 4.79 Å². The number of piperidine rings is 1. The van der Waals surface area contributed by atoms with E-state index in [1.54, 1.807) is 0 Å². The average molecular weight is 477 g/mol. The van der Waals surface area contributed by atoms with Gasteiger partial charge in [0.05, 0.1) is 6.54 Å². The monoisotopic (exact) mass is 477 g/mol. The first-order valence-electron chi connectivity index (χ1n) is 10.2. The van der Waals surface area contributed by atoms with Gasteiger partial charge in [-0.15, -0.1) is 24.0 Å². The second-order valence-corrected chi connectivity index (χ2v) is 8.06. The normalized spacial score (nSPS) is 24.0. The molecule has 3 fully saturated rings. The Morgan fingerprint density at radius 3 is 2.19 bits per heavy atom. The molecule has 0 unspecified atom stereocenters. The molecular formula is C19H36IN5O. The lowest BCUT2D eigenvalue weighted by Crippen LogP contribution is -2.50. The highest BCUT2D eigenvalue weighted by Gasteiger charge is 2.29. The third-order valence-corrected chi connectivity index (χ3v) is 6.19. The fourth-order valence-electron chi connectivity index (χ4n) is 4.27. The molecule has 3 aliphatic rings. The molecular weight excluding hydrogens is 441 g/mol. The van der Waals surface area contributed by atoms with Crippen LogP contribution < -0.4 is 5.73 Å². The van der Waals surface area contributed by atoms with E-state index in [4.69, 9.17) is 5.73 Å². The van der Waals surface area contributed by atoms with E-state index in [2.05, 4.69) is 26.6 Å². The standard InChI is InChI=1S/C19H35N5O.HI/c1-16-6-9-24(10-7-16)19(20)21-8-11-22-12-14-23(15-13-22)18(25)17-4-2-3-5-17;/h16-17H,2-15H2,1H3,(H2,20,21);1H. The maximum atomic E-state index is 12.5. The van der Waals surface area contributed by atoms with Gasteiger partial charge in [-0.1, -0.05) is 19.8 Å². The third-order valence-electron chi connectivity index (χ3n) is 6.19. The molecule has 0 aromatic heterocycles. The van der Waals surface area contributed by atoms with Gasteiger partial charge in [0.2, 0.25) is 5.91 Å². The minimum absolute atomic E-state index is 0. The summed E-state index contributed by atoms with van der Waals surface area (Å²) in [6.07, 6.45) is 7.09. The number of halogens is 1. The molecule has 2 N–H and O–H groups in total. The Morgan fingerprint density at radius 2 is 1.58 bits per heavy atom. The molecule has 0 bridgehead atoms. The zero-order valence-electron chi connectivity index (χ0n) is 16.2. The highest BCUT2D eigenvalue weighted by Crippen LogP contribution is 2.26. The van der Waals surface area contributed by atoms with Crippen LogP contribution in [-0.2, 0) is 4.79 Å². The van der Waals surface area contributed by atoms with Crippen LogP contribution in [0.15, 0.2) is 4.99 Å². The average Bonchev–Trinajstić information content (AvgIpc) is 3.17. The Hall–Kier alpha value is -0.570.